The van der Waals surface area contributed by atoms with E-state index in [2.05, 4.69) is 117 Å². The van der Waals surface area contributed by atoms with Gasteiger partial charge in [0.1, 0.15) is 19.8 Å². The molecule has 0 aromatic heterocycles. The van der Waals surface area contributed by atoms with Gasteiger partial charge >= 0.3 is 11.9 Å². The summed E-state index contributed by atoms with van der Waals surface area (Å²) in [6.45, 7) is 18.2. The first-order valence-corrected chi connectivity index (χ1v) is 15.2. The Morgan fingerprint density at radius 1 is 0.841 bits per heavy atom. The highest BCUT2D eigenvalue weighted by atomic mass is 79.9. The Kier molecular flexibility index (Phi) is 12.1. The number of benzene rings is 2. The van der Waals surface area contributed by atoms with E-state index in [1.54, 1.807) is 12.2 Å². The maximum absolute atomic E-state index is 12.1. The van der Waals surface area contributed by atoms with Gasteiger partial charge in [-0.15, -0.1) is 0 Å². The van der Waals surface area contributed by atoms with Crippen molar-refractivity contribution in [1.82, 2.24) is 0 Å². The van der Waals surface area contributed by atoms with Crippen molar-refractivity contribution in [2.24, 2.45) is 0 Å². The third-order valence-electron chi connectivity index (χ3n) is 8.36. The Bertz CT molecular complexity index is 1470. The summed E-state index contributed by atoms with van der Waals surface area (Å²) in [6, 6.07) is 17.0. The molecular formula is C37H45BrN2O4. The van der Waals surface area contributed by atoms with Crippen LogP contribution >= 0.6 is 0 Å². The van der Waals surface area contributed by atoms with Gasteiger partial charge in [-0.3, -0.25) is 9.59 Å². The third-order valence-corrected chi connectivity index (χ3v) is 8.36. The van der Waals surface area contributed by atoms with Crippen molar-refractivity contribution < 1.29 is 40.6 Å². The molecule has 2 aromatic carbocycles. The molecule has 44 heavy (non-hydrogen) atoms. The minimum absolute atomic E-state index is 0. The van der Waals surface area contributed by atoms with Gasteiger partial charge in [0.05, 0.1) is 11.8 Å². The minimum Gasteiger partial charge on any atom is -1.00 e. The fraction of sp³-hybridized carbons (Fsp3) is 0.378. The Morgan fingerprint density at radius 3 is 2.09 bits per heavy atom. The largest absolute Gasteiger partial charge is 1.00 e. The van der Waals surface area contributed by atoms with Gasteiger partial charge in [0.2, 0.25) is 5.69 Å². The van der Waals surface area contributed by atoms with Gasteiger partial charge in [-0.2, -0.15) is 4.58 Å². The Balaban J connectivity index is 0.00000529. The number of esters is 2. The van der Waals surface area contributed by atoms with Gasteiger partial charge in [-0.05, 0) is 38.0 Å². The molecule has 2 aromatic rings. The summed E-state index contributed by atoms with van der Waals surface area (Å²) in [5.41, 5.74) is 6.88. The van der Waals surface area contributed by atoms with Gasteiger partial charge in [-0.25, -0.2) is 0 Å². The number of hydrogen-bond donors (Lipinski definition) is 0. The molecule has 2 heterocycles. The van der Waals surface area contributed by atoms with Gasteiger partial charge in [0, 0.05) is 53.9 Å². The van der Waals surface area contributed by atoms with E-state index in [1.807, 2.05) is 0 Å². The van der Waals surface area contributed by atoms with E-state index in [9.17, 15) is 9.59 Å². The van der Waals surface area contributed by atoms with Gasteiger partial charge in [0.25, 0.3) is 0 Å². The van der Waals surface area contributed by atoms with Crippen molar-refractivity contribution in [1.29, 1.82) is 0 Å². The van der Waals surface area contributed by atoms with Gasteiger partial charge in [0.15, 0.2) is 5.71 Å². The molecule has 0 N–H and O–H groups in total. The molecule has 0 saturated carbocycles. The summed E-state index contributed by atoms with van der Waals surface area (Å²) in [5.74, 6) is -0.406. The van der Waals surface area contributed by atoms with Crippen LogP contribution in [0.3, 0.4) is 0 Å². The monoisotopic (exact) mass is 660 g/mol. The zero-order valence-corrected chi connectivity index (χ0v) is 28.1. The summed E-state index contributed by atoms with van der Waals surface area (Å²) in [7, 11) is 0. The molecule has 2 aliphatic heterocycles. The molecule has 234 valence electrons. The van der Waals surface area contributed by atoms with Crippen LogP contribution in [0.5, 0.6) is 0 Å². The maximum atomic E-state index is 12.1. The fourth-order valence-corrected chi connectivity index (χ4v) is 6.21. The summed E-state index contributed by atoms with van der Waals surface area (Å²) < 4.78 is 12.7. The van der Waals surface area contributed by atoms with Crippen molar-refractivity contribution in [3.8, 4) is 0 Å². The highest BCUT2D eigenvalue weighted by molar-refractivity contribution is 6.03. The summed E-state index contributed by atoms with van der Waals surface area (Å²) in [5, 5.41) is 0. The van der Waals surface area contributed by atoms with Crippen LogP contribution in [0.1, 0.15) is 64.5 Å². The lowest BCUT2D eigenvalue weighted by molar-refractivity contribution is -0.438. The van der Waals surface area contributed by atoms with Crippen molar-refractivity contribution >= 4 is 29.0 Å². The average molecular weight is 662 g/mol. The Morgan fingerprint density at radius 2 is 1.43 bits per heavy atom. The van der Waals surface area contributed by atoms with E-state index in [0.29, 0.717) is 38.8 Å². The summed E-state index contributed by atoms with van der Waals surface area (Å²) in [6.07, 6.45) is 11.8. The predicted octanol–water partition coefficient (Wildman–Crippen LogP) is 4.32. The number of halogens is 1. The van der Waals surface area contributed by atoms with Crippen LogP contribution in [0.15, 0.2) is 97.8 Å². The number of hydrogen-bond acceptors (Lipinski definition) is 5. The van der Waals surface area contributed by atoms with E-state index in [1.165, 1.54) is 33.9 Å². The number of nitrogens with zero attached hydrogens (tertiary/aromatic N) is 2. The normalized spacial score (nSPS) is 16.8. The second kappa shape index (κ2) is 15.3. The average Bonchev–Trinajstić information content (AvgIpc) is 3.34. The Hall–Kier alpha value is -3.71. The van der Waals surface area contributed by atoms with E-state index in [4.69, 9.17) is 9.47 Å². The van der Waals surface area contributed by atoms with E-state index in [-0.39, 0.29) is 53.0 Å². The molecule has 0 saturated heterocycles. The quantitative estimate of drug-likeness (QED) is 0.172. The zero-order valence-electron chi connectivity index (χ0n) is 26.5. The number of anilines is 1. The number of ether oxygens (including phenoxy) is 2. The lowest BCUT2D eigenvalue weighted by Gasteiger charge is -2.27. The van der Waals surface area contributed by atoms with E-state index in [0.717, 1.165) is 0 Å². The molecule has 0 amide bonds. The first-order chi connectivity index (χ1) is 20.6. The zero-order chi connectivity index (χ0) is 31.0. The molecular weight excluding hydrogens is 616 g/mol. The first-order valence-electron chi connectivity index (χ1n) is 15.2. The second-order valence-electron chi connectivity index (χ2n) is 12.0. The SMILES string of the molecule is C=CCOC(=O)CCCN1C(=CC=CC2=[N+](CCCC(=O)OCC=C)c3ccccc3C2(C)C)C(C)(C)c2ccccc21.[Br-]. The molecule has 0 fully saturated rings. The molecule has 7 heteroatoms. The van der Waals surface area contributed by atoms with Crippen molar-refractivity contribution in [3.63, 3.8) is 0 Å². The molecule has 0 atom stereocenters. The van der Waals surface area contributed by atoms with Crippen LogP contribution in [0.25, 0.3) is 0 Å². The fourth-order valence-electron chi connectivity index (χ4n) is 6.21. The molecule has 0 aliphatic carbocycles. The van der Waals surface area contributed by atoms with Gasteiger partial charge < -0.3 is 31.4 Å². The molecule has 0 radical (unpaired) electrons. The third kappa shape index (κ3) is 7.49. The van der Waals surface area contributed by atoms with Crippen LogP contribution < -0.4 is 21.9 Å². The smallest absolute Gasteiger partial charge is 0.306 e. The number of rotatable bonds is 14. The lowest BCUT2D eigenvalue weighted by Crippen LogP contribution is -3.00. The number of carbonyl (C=O) groups is 2. The summed E-state index contributed by atoms with van der Waals surface area (Å²) in [4.78, 5) is 26.6. The predicted molar refractivity (Wildman–Crippen MR) is 174 cm³/mol. The van der Waals surface area contributed by atoms with Crippen molar-refractivity contribution in [2.45, 2.75) is 64.2 Å². The van der Waals surface area contributed by atoms with Crippen molar-refractivity contribution in [2.75, 3.05) is 31.2 Å². The molecule has 2 aliphatic rings. The Labute approximate surface area is 273 Å². The number of carbonyl (C=O) groups excluding carboxylic acids is 2. The number of para-hydroxylation sites is 2. The van der Waals surface area contributed by atoms with Crippen LogP contribution in [-0.2, 0) is 29.9 Å². The van der Waals surface area contributed by atoms with E-state index >= 15 is 0 Å². The number of fused-ring (bicyclic) bond motifs is 2. The standard InChI is InChI=1S/C37H45N2O4.BrH/c1-7-26-42-34(40)22-14-24-38-30-18-11-9-16-28(30)36(3,4)32(38)20-13-21-33-37(5,6)29-17-10-12-19-31(29)39(33)25-15-23-35(41)43-27-8-2;/h7-13,16-21H,1-2,14-15,22-27H2,3-6H3;1H/q+1;/p-1. The van der Waals surface area contributed by atoms with Crippen LogP contribution in [-0.4, -0.2) is 48.5 Å². The topological polar surface area (TPSA) is 58.8 Å². The molecule has 4 rings (SSSR count). The van der Waals surface area contributed by atoms with Crippen LogP contribution in [0, 0.1) is 0 Å². The molecule has 6 nitrogen and oxygen atoms in total. The maximum Gasteiger partial charge on any atom is 0.306 e. The lowest BCUT2D eigenvalue weighted by atomic mass is 9.81. The molecule has 0 bridgehead atoms. The van der Waals surface area contributed by atoms with Gasteiger partial charge in [-0.1, -0.05) is 81.6 Å². The summed E-state index contributed by atoms with van der Waals surface area (Å²) >= 11 is 0. The number of allylic oxidation sites excluding steroid dienone is 4. The first kappa shape index (κ1) is 34.8. The molecule has 0 unspecified atom stereocenters. The molecule has 0 spiro atoms. The minimum atomic E-state index is -0.203. The highest BCUT2D eigenvalue weighted by Crippen LogP contribution is 2.47. The highest BCUT2D eigenvalue weighted by Gasteiger charge is 2.44. The van der Waals surface area contributed by atoms with Crippen LogP contribution in [0.4, 0.5) is 11.4 Å². The van der Waals surface area contributed by atoms with Crippen LogP contribution in [0.2, 0.25) is 0 Å². The van der Waals surface area contributed by atoms with Crippen molar-refractivity contribution in [3.05, 3.63) is 109 Å². The van der Waals surface area contributed by atoms with E-state index < -0.39 is 0 Å². The second-order valence-corrected chi connectivity index (χ2v) is 12.0.